The number of pyridine rings is 1. The van der Waals surface area contributed by atoms with Crippen molar-refractivity contribution >= 4 is 29.7 Å². The van der Waals surface area contributed by atoms with Gasteiger partial charge in [-0.2, -0.15) is 0 Å². The molecule has 3 unspecified atom stereocenters. The molecule has 4 atom stereocenters. The van der Waals surface area contributed by atoms with E-state index in [4.69, 9.17) is 28.4 Å². The van der Waals surface area contributed by atoms with Gasteiger partial charge in [0.2, 0.25) is 6.79 Å². The molecule has 12 heteroatoms. The third kappa shape index (κ3) is 9.01. The van der Waals surface area contributed by atoms with Crippen LogP contribution in [0.1, 0.15) is 57.1 Å². The molecule has 0 spiro atoms. The molecular weight excluding hydrogens is 574 g/mol. The summed E-state index contributed by atoms with van der Waals surface area (Å²) in [4.78, 5) is 68.8. The van der Waals surface area contributed by atoms with Crippen LogP contribution in [0.5, 0.6) is 11.5 Å². The highest BCUT2D eigenvalue weighted by molar-refractivity contribution is 5.99. The molecule has 1 aromatic carbocycles. The first-order chi connectivity index (χ1) is 20.9. The summed E-state index contributed by atoms with van der Waals surface area (Å²) in [5.41, 5.74) is 0.614. The molecule has 2 heterocycles. The Hall–Kier alpha value is -4.48. The number of nitrogens with zero attached hydrogens (tertiary/aromatic N) is 1. The zero-order valence-corrected chi connectivity index (χ0v) is 25.8. The quantitative estimate of drug-likeness (QED) is 0.148. The second kappa shape index (κ2) is 15.8. The van der Waals surface area contributed by atoms with Gasteiger partial charge in [0.05, 0.1) is 24.9 Å². The van der Waals surface area contributed by atoms with Crippen LogP contribution in [0, 0.1) is 23.7 Å². The van der Waals surface area contributed by atoms with E-state index in [9.17, 15) is 24.0 Å². The highest BCUT2D eigenvalue weighted by atomic mass is 16.7. The molecule has 0 radical (unpaired) electrons. The van der Waals surface area contributed by atoms with Crippen LogP contribution in [0.25, 0.3) is 0 Å². The van der Waals surface area contributed by atoms with E-state index in [-0.39, 0.29) is 23.6 Å². The summed E-state index contributed by atoms with van der Waals surface area (Å²) in [6.07, 6.45) is -1.14. The van der Waals surface area contributed by atoms with Crippen molar-refractivity contribution in [2.75, 3.05) is 20.5 Å². The maximum absolute atomic E-state index is 13.5. The minimum absolute atomic E-state index is 0.0815. The van der Waals surface area contributed by atoms with Gasteiger partial charge in [-0.1, -0.05) is 58.0 Å². The van der Waals surface area contributed by atoms with Crippen LogP contribution in [0.15, 0.2) is 42.6 Å². The Morgan fingerprint density at radius 2 is 1.66 bits per heavy atom. The second-order valence-corrected chi connectivity index (χ2v) is 11.0. The largest absolute Gasteiger partial charge is 0.493 e. The summed E-state index contributed by atoms with van der Waals surface area (Å²) in [5.74, 6) is -6.23. The summed E-state index contributed by atoms with van der Waals surface area (Å²) in [6.45, 7) is 7.19. The minimum Gasteiger partial charge on any atom is -0.493 e. The summed E-state index contributed by atoms with van der Waals surface area (Å²) in [6, 6.07) is 10.6. The minimum atomic E-state index is -1.20. The molecule has 3 rings (SSSR count). The first-order valence-corrected chi connectivity index (χ1v) is 14.4. The Bertz CT molecular complexity index is 1320. The number of methoxy groups -OCH3 is 1. The lowest BCUT2D eigenvalue weighted by Gasteiger charge is -2.29. The molecule has 1 aliphatic heterocycles. The SMILES string of the molecule is COc1ccnc(C(=O)CC2COC(=O)C(Cc3ccccc3)C(OC(=O)C(C)C)[C@H](C)OC2=O)c1OCOC(=O)C(C)C. The third-order valence-corrected chi connectivity index (χ3v) is 6.91. The number of hydrogen-bond acceptors (Lipinski definition) is 12. The van der Waals surface area contributed by atoms with Crippen molar-refractivity contribution in [3.8, 4) is 11.5 Å². The molecule has 1 fully saturated rings. The number of hydrogen-bond donors (Lipinski definition) is 0. The second-order valence-electron chi connectivity index (χ2n) is 11.0. The zero-order chi connectivity index (χ0) is 32.4. The van der Waals surface area contributed by atoms with Crippen molar-refractivity contribution in [1.29, 1.82) is 0 Å². The number of rotatable bonds is 12. The highest BCUT2D eigenvalue weighted by Gasteiger charge is 2.42. The predicted molar refractivity (Wildman–Crippen MR) is 155 cm³/mol. The van der Waals surface area contributed by atoms with Crippen LogP contribution < -0.4 is 9.47 Å². The normalized spacial score (nSPS) is 20.5. The molecule has 1 aliphatic rings. The van der Waals surface area contributed by atoms with Crippen molar-refractivity contribution in [3.63, 3.8) is 0 Å². The molecule has 0 saturated carbocycles. The molecule has 238 valence electrons. The zero-order valence-electron chi connectivity index (χ0n) is 25.8. The molecule has 1 saturated heterocycles. The van der Waals surface area contributed by atoms with E-state index in [0.29, 0.717) is 0 Å². The fraction of sp³-hybridized carbons (Fsp3) is 0.500. The number of cyclic esters (lactones) is 2. The number of benzene rings is 1. The van der Waals surface area contributed by atoms with E-state index in [1.807, 2.05) is 30.3 Å². The van der Waals surface area contributed by atoms with Crippen molar-refractivity contribution in [3.05, 3.63) is 53.9 Å². The van der Waals surface area contributed by atoms with Crippen LogP contribution in [-0.4, -0.2) is 67.4 Å². The number of aromatic nitrogens is 1. The van der Waals surface area contributed by atoms with E-state index < -0.39 is 85.4 Å². The molecule has 0 aliphatic carbocycles. The monoisotopic (exact) mass is 613 g/mol. The average molecular weight is 614 g/mol. The van der Waals surface area contributed by atoms with Gasteiger partial charge in [0.25, 0.3) is 0 Å². The van der Waals surface area contributed by atoms with E-state index >= 15 is 0 Å². The summed E-state index contributed by atoms with van der Waals surface area (Å²) in [5, 5.41) is 0. The van der Waals surface area contributed by atoms with Gasteiger partial charge < -0.3 is 28.4 Å². The van der Waals surface area contributed by atoms with Crippen LogP contribution in [0.2, 0.25) is 0 Å². The lowest BCUT2D eigenvalue weighted by Crippen LogP contribution is -2.43. The first-order valence-electron chi connectivity index (χ1n) is 14.4. The summed E-state index contributed by atoms with van der Waals surface area (Å²) < 4.78 is 32.8. The topological polar surface area (TPSA) is 154 Å². The Morgan fingerprint density at radius 3 is 2.30 bits per heavy atom. The van der Waals surface area contributed by atoms with Crippen molar-refractivity contribution in [2.24, 2.45) is 23.7 Å². The van der Waals surface area contributed by atoms with Gasteiger partial charge in [-0.05, 0) is 18.9 Å². The van der Waals surface area contributed by atoms with Gasteiger partial charge >= 0.3 is 23.9 Å². The molecule has 44 heavy (non-hydrogen) atoms. The molecule has 12 nitrogen and oxygen atoms in total. The van der Waals surface area contributed by atoms with Gasteiger partial charge in [-0.3, -0.25) is 24.0 Å². The fourth-order valence-corrected chi connectivity index (χ4v) is 4.39. The number of ketones is 1. The van der Waals surface area contributed by atoms with Crippen molar-refractivity contribution in [1.82, 2.24) is 4.98 Å². The summed E-state index contributed by atoms with van der Waals surface area (Å²) >= 11 is 0. The molecule has 2 aromatic rings. The Labute approximate surface area is 256 Å². The number of esters is 4. The van der Waals surface area contributed by atoms with E-state index in [0.717, 1.165) is 5.56 Å². The van der Waals surface area contributed by atoms with E-state index in [1.54, 1.807) is 27.7 Å². The van der Waals surface area contributed by atoms with Crippen LogP contribution in [-0.2, 0) is 44.5 Å². The highest BCUT2D eigenvalue weighted by Crippen LogP contribution is 2.32. The van der Waals surface area contributed by atoms with Crippen LogP contribution >= 0.6 is 0 Å². The lowest BCUT2D eigenvalue weighted by molar-refractivity contribution is -0.177. The number of ether oxygens (including phenoxy) is 6. The molecule has 0 amide bonds. The molecule has 0 N–H and O–H groups in total. The third-order valence-electron chi connectivity index (χ3n) is 6.91. The first kappa shape index (κ1) is 34.0. The van der Waals surface area contributed by atoms with Crippen molar-refractivity contribution in [2.45, 2.75) is 59.7 Å². The van der Waals surface area contributed by atoms with Gasteiger partial charge in [0.1, 0.15) is 18.6 Å². The Balaban J connectivity index is 1.85. The van der Waals surface area contributed by atoms with Gasteiger partial charge in [0, 0.05) is 18.7 Å². The Morgan fingerprint density at radius 1 is 0.977 bits per heavy atom. The fourth-order valence-electron chi connectivity index (χ4n) is 4.39. The van der Waals surface area contributed by atoms with Crippen LogP contribution in [0.4, 0.5) is 0 Å². The predicted octanol–water partition coefficient (Wildman–Crippen LogP) is 3.73. The van der Waals surface area contributed by atoms with Crippen molar-refractivity contribution < 1.29 is 52.4 Å². The number of carbonyl (C=O) groups excluding carboxylic acids is 5. The van der Waals surface area contributed by atoms with E-state index in [2.05, 4.69) is 4.98 Å². The lowest BCUT2D eigenvalue weighted by atomic mass is 9.91. The van der Waals surface area contributed by atoms with Gasteiger partial charge in [0.15, 0.2) is 29.1 Å². The van der Waals surface area contributed by atoms with Crippen LogP contribution in [0.3, 0.4) is 0 Å². The molecule has 0 bridgehead atoms. The number of Topliss-reactive ketones (excluding diaryl/α,β-unsaturated/α-hetero) is 1. The molecule has 1 aromatic heterocycles. The average Bonchev–Trinajstić information content (AvgIpc) is 3.03. The maximum atomic E-state index is 13.5. The molecular formula is C32H39NO11. The van der Waals surface area contributed by atoms with E-state index in [1.165, 1.54) is 26.3 Å². The maximum Gasteiger partial charge on any atom is 0.313 e. The Kier molecular flexibility index (Phi) is 12.2. The standard InChI is InChI=1S/C32H39NO11/c1-18(2)29(35)42-17-41-28-25(39-6)12-13-33-26(28)24(34)15-22-16-40-32(38)23(14-21-10-8-7-9-11-21)27(20(5)43-31(22)37)44-30(36)19(3)4/h7-13,18-20,22-23,27H,14-17H2,1-6H3/t20-,22?,23?,27?/m0/s1. The van der Waals surface area contributed by atoms with Gasteiger partial charge in [-0.15, -0.1) is 0 Å². The van der Waals surface area contributed by atoms with Gasteiger partial charge in [-0.25, -0.2) is 4.98 Å². The summed E-state index contributed by atoms with van der Waals surface area (Å²) in [7, 11) is 1.36. The smallest absolute Gasteiger partial charge is 0.313 e. The number of carbonyl (C=O) groups is 5.